The quantitative estimate of drug-likeness (QED) is 0.0173. The molecule has 12 nitrogen and oxygen atoms in total. The molecule has 0 rings (SSSR count). The van der Waals surface area contributed by atoms with Crippen molar-refractivity contribution in [2.75, 3.05) is 60.3 Å². The monoisotopic (exact) mass is 1120 g/mol. The van der Waals surface area contributed by atoms with Gasteiger partial charge in [0.1, 0.15) is 0 Å². The summed E-state index contributed by atoms with van der Waals surface area (Å²) in [7, 11) is 7.24. The van der Waals surface area contributed by atoms with Crippen LogP contribution < -0.4 is 0 Å². The summed E-state index contributed by atoms with van der Waals surface area (Å²) >= 11 is 5.62. The van der Waals surface area contributed by atoms with Crippen LogP contribution in [0, 0.1) is 0 Å². The molecule has 0 aliphatic heterocycles. The fourth-order valence-corrected chi connectivity index (χ4v) is 9.52. The number of thiol groups is 1. The number of unbranched alkanes of at least 4 members (excludes halogenated alkanes) is 30. The van der Waals surface area contributed by atoms with E-state index in [0.717, 1.165) is 76.4 Å². The number of allylic oxidation sites excluding steroid dienone is 3. The van der Waals surface area contributed by atoms with Crippen molar-refractivity contribution < 1.29 is 57.9 Å². The van der Waals surface area contributed by atoms with Gasteiger partial charge in [-0.15, -0.1) is 6.58 Å². The lowest BCUT2D eigenvalue weighted by atomic mass is 9.94. The first-order chi connectivity index (χ1) is 36.9. The first-order valence-electron chi connectivity index (χ1n) is 30.0. The lowest BCUT2D eigenvalue weighted by Crippen LogP contribution is -2.21. The molecule has 0 bridgehead atoms. The number of carbonyl (C=O) groups excluding carboxylic acids is 5. The predicted molar refractivity (Wildman–Crippen MR) is 322 cm³/mol. The maximum Gasteiger partial charge on any atom is 0.305 e. The number of rotatable bonds is 51. The first kappa shape index (κ1) is 79.9. The summed E-state index contributed by atoms with van der Waals surface area (Å²) in [5.41, 5.74) is 0. The summed E-state index contributed by atoms with van der Waals surface area (Å²) in [6.07, 6.45) is 53.4. The van der Waals surface area contributed by atoms with Gasteiger partial charge in [0.05, 0.1) is 48.8 Å². The molecule has 0 saturated carbocycles. The molecule has 0 aliphatic rings. The average Bonchev–Trinajstić information content (AvgIpc) is 3.43. The number of aliphatic hydroxyl groups is 2. The molecule has 0 aromatic rings. The summed E-state index contributed by atoms with van der Waals surface area (Å²) in [5, 5.41) is 17.1. The Bertz CT molecular complexity index is 1230. The van der Waals surface area contributed by atoms with Crippen molar-refractivity contribution in [1.82, 2.24) is 0 Å². The van der Waals surface area contributed by atoms with Crippen molar-refractivity contribution in [3.63, 3.8) is 0 Å². The van der Waals surface area contributed by atoms with Crippen LogP contribution in [0.4, 0.5) is 0 Å². The van der Waals surface area contributed by atoms with E-state index in [-0.39, 0.29) is 47.8 Å². The van der Waals surface area contributed by atoms with Gasteiger partial charge in [-0.3, -0.25) is 24.0 Å². The normalized spacial score (nSPS) is 10.8. The standard InChI is InChI=1S/C26H50O5S.C22H40O4.C12H22O2.C2H6OS/c1-26(32-23-22-27,20-16-12-8-4-6-10-14-18-24(28)30-2)21-17-13-9-5-7-11-15-19-25(29)31-3;1-25-21(23)19-17-15-13-11-9-7-5-3-4-6-8-10-12-14-16-18-20-22(24)26-2;1-3-4-5-6-7-8-9-10-11-12(13)14-2;3-1-2-4/h27H,4-23H2,1-3H3;3-4H,5-20H2,1-2H3;3H,1,4-11H2,2H3;3-4H,1-2H2/b;4-3+;;. The fraction of sp³-hybridized carbons (Fsp3) is 0.855. The zero-order valence-electron chi connectivity index (χ0n) is 49.8. The number of esters is 5. The van der Waals surface area contributed by atoms with Crippen LogP contribution >= 0.6 is 24.4 Å². The molecule has 14 heteroatoms. The third kappa shape index (κ3) is 71.5. The number of carbonyl (C=O) groups is 5. The summed E-state index contributed by atoms with van der Waals surface area (Å²) in [5.74, 6) is 0.941. The second kappa shape index (κ2) is 68.6. The average molecular weight is 1120 g/mol. The number of aliphatic hydroxyl groups excluding tert-OH is 2. The number of hydrogen-bond acceptors (Lipinski definition) is 14. The van der Waals surface area contributed by atoms with Crippen molar-refractivity contribution in [2.45, 2.75) is 281 Å². The molecule has 2 N–H and O–H groups in total. The number of ether oxygens (including phenoxy) is 5. The minimum Gasteiger partial charge on any atom is -0.469 e. The minimum atomic E-state index is -0.0969. The van der Waals surface area contributed by atoms with Gasteiger partial charge in [-0.25, -0.2) is 0 Å². The molecule has 0 fully saturated rings. The predicted octanol–water partition coefficient (Wildman–Crippen LogP) is 16.3. The van der Waals surface area contributed by atoms with Crippen LogP contribution in [0.15, 0.2) is 24.8 Å². The van der Waals surface area contributed by atoms with Crippen LogP contribution in [-0.4, -0.2) is 105 Å². The number of thioether (sulfide) groups is 1. The van der Waals surface area contributed by atoms with E-state index in [0.29, 0.717) is 37.9 Å². The first-order valence-corrected chi connectivity index (χ1v) is 31.6. The van der Waals surface area contributed by atoms with Gasteiger partial charge in [-0.2, -0.15) is 24.4 Å². The summed E-state index contributed by atoms with van der Waals surface area (Å²) in [6.45, 7) is 6.51. The molecular formula is C62H118O12S2. The van der Waals surface area contributed by atoms with Crippen LogP contribution in [-0.2, 0) is 47.7 Å². The van der Waals surface area contributed by atoms with Gasteiger partial charge in [-0.05, 0) is 83.5 Å². The van der Waals surface area contributed by atoms with E-state index in [4.69, 9.17) is 5.11 Å². The Morgan fingerprint density at radius 1 is 0.395 bits per heavy atom. The van der Waals surface area contributed by atoms with Crippen molar-refractivity contribution in [3.05, 3.63) is 24.8 Å². The molecule has 0 unspecified atom stereocenters. The molecule has 450 valence electrons. The summed E-state index contributed by atoms with van der Waals surface area (Å²) < 4.78 is 23.4. The highest BCUT2D eigenvalue weighted by Crippen LogP contribution is 2.36. The lowest BCUT2D eigenvalue weighted by molar-refractivity contribution is -0.141. The third-order valence-electron chi connectivity index (χ3n) is 13.2. The summed E-state index contributed by atoms with van der Waals surface area (Å²) in [4.78, 5) is 54.9. The Balaban J connectivity index is -0.000000524. The molecule has 0 spiro atoms. The molecule has 0 atom stereocenters. The van der Waals surface area contributed by atoms with Gasteiger partial charge in [0, 0.05) is 48.4 Å². The maximum absolute atomic E-state index is 11.1. The highest BCUT2D eigenvalue weighted by molar-refractivity contribution is 8.00. The molecule has 0 aliphatic carbocycles. The number of methoxy groups -OCH3 is 5. The molecule has 0 aromatic heterocycles. The van der Waals surface area contributed by atoms with Crippen LogP contribution in [0.3, 0.4) is 0 Å². The fourth-order valence-electron chi connectivity index (χ4n) is 8.35. The molecule has 0 saturated heterocycles. The lowest BCUT2D eigenvalue weighted by Gasteiger charge is -2.29. The van der Waals surface area contributed by atoms with Crippen LogP contribution in [0.5, 0.6) is 0 Å². The molecular weight excluding hydrogens is 1000 g/mol. The van der Waals surface area contributed by atoms with E-state index in [2.05, 4.69) is 62.0 Å². The van der Waals surface area contributed by atoms with E-state index >= 15 is 0 Å². The number of hydrogen-bond donors (Lipinski definition) is 3. The Morgan fingerprint density at radius 2 is 0.618 bits per heavy atom. The van der Waals surface area contributed by atoms with E-state index in [1.54, 1.807) is 0 Å². The highest BCUT2D eigenvalue weighted by Gasteiger charge is 2.23. The van der Waals surface area contributed by atoms with Crippen molar-refractivity contribution in [2.24, 2.45) is 0 Å². The molecule has 76 heavy (non-hydrogen) atoms. The Morgan fingerprint density at radius 3 is 0.842 bits per heavy atom. The Hall–Kier alpha value is -2.55. The molecule has 0 radical (unpaired) electrons. The van der Waals surface area contributed by atoms with Gasteiger partial charge in [0.25, 0.3) is 0 Å². The zero-order chi connectivity index (χ0) is 57.3. The largest absolute Gasteiger partial charge is 0.469 e. The smallest absolute Gasteiger partial charge is 0.305 e. The van der Waals surface area contributed by atoms with Gasteiger partial charge < -0.3 is 33.9 Å². The van der Waals surface area contributed by atoms with Crippen LogP contribution in [0.25, 0.3) is 0 Å². The van der Waals surface area contributed by atoms with E-state index in [9.17, 15) is 29.1 Å². The van der Waals surface area contributed by atoms with Crippen molar-refractivity contribution >= 4 is 54.2 Å². The SMILES string of the molecule is C=CCCCCCCCCC(=O)OC.COC(=O)CCCCCCCC/C=C/CCCCCCCCC(=O)OC.COC(=O)CCCCCCCCCC(C)(CCCCCCCCCC(=O)OC)SCCO.OCCS. The maximum atomic E-state index is 11.1. The molecule has 0 aromatic carbocycles. The highest BCUT2D eigenvalue weighted by atomic mass is 32.2. The van der Waals surface area contributed by atoms with E-state index in [1.807, 2.05) is 17.8 Å². The van der Waals surface area contributed by atoms with Gasteiger partial charge in [-0.1, -0.05) is 179 Å². The molecule has 0 amide bonds. The van der Waals surface area contributed by atoms with Crippen LogP contribution in [0.2, 0.25) is 0 Å². The second-order valence-corrected chi connectivity index (χ2v) is 22.2. The zero-order valence-corrected chi connectivity index (χ0v) is 51.5. The Kier molecular flexibility index (Phi) is 72.1. The Labute approximate surface area is 476 Å². The van der Waals surface area contributed by atoms with Crippen molar-refractivity contribution in [3.8, 4) is 0 Å². The topological polar surface area (TPSA) is 172 Å². The van der Waals surface area contributed by atoms with Gasteiger partial charge in [0.2, 0.25) is 0 Å². The molecule has 0 heterocycles. The second-order valence-electron chi connectivity index (χ2n) is 20.0. The van der Waals surface area contributed by atoms with Crippen LogP contribution in [0.1, 0.15) is 277 Å². The third-order valence-corrected chi connectivity index (χ3v) is 14.9. The van der Waals surface area contributed by atoms with E-state index < -0.39 is 0 Å². The van der Waals surface area contributed by atoms with Gasteiger partial charge in [0.15, 0.2) is 0 Å². The van der Waals surface area contributed by atoms with E-state index in [1.165, 1.54) is 202 Å². The summed E-state index contributed by atoms with van der Waals surface area (Å²) in [6, 6.07) is 0. The van der Waals surface area contributed by atoms with Crippen molar-refractivity contribution in [1.29, 1.82) is 0 Å². The minimum absolute atomic E-state index is 0.0864. The van der Waals surface area contributed by atoms with Gasteiger partial charge >= 0.3 is 29.8 Å².